The van der Waals surface area contributed by atoms with Gasteiger partial charge in [0.2, 0.25) is 0 Å². The number of piperidine rings is 1. The number of nitrogens with one attached hydrogen (secondary N) is 1. The number of benzene rings is 2. The van der Waals surface area contributed by atoms with Gasteiger partial charge in [-0.2, -0.15) is 0 Å². The van der Waals surface area contributed by atoms with Crippen LogP contribution in [0.15, 0.2) is 42.5 Å². The first-order chi connectivity index (χ1) is 12.6. The van der Waals surface area contributed by atoms with Gasteiger partial charge in [0.05, 0.1) is 17.1 Å². The Kier molecular flexibility index (Phi) is 4.79. The van der Waals surface area contributed by atoms with E-state index in [4.69, 9.17) is 4.98 Å². The molecule has 2 N–H and O–H groups in total. The van der Waals surface area contributed by atoms with Gasteiger partial charge in [-0.15, -0.1) is 0 Å². The summed E-state index contributed by atoms with van der Waals surface area (Å²) < 4.78 is 0. The minimum Gasteiger partial charge on any atom is -0.387 e. The lowest BCUT2D eigenvalue weighted by Gasteiger charge is -2.33. The van der Waals surface area contributed by atoms with Gasteiger partial charge in [-0.3, -0.25) is 4.90 Å². The average Bonchev–Trinajstić information content (AvgIpc) is 3.08. The zero-order valence-corrected chi connectivity index (χ0v) is 15.6. The third-order valence-corrected chi connectivity index (χ3v) is 5.52. The van der Waals surface area contributed by atoms with E-state index in [2.05, 4.69) is 54.1 Å². The highest BCUT2D eigenvalue weighted by molar-refractivity contribution is 5.74. The summed E-state index contributed by atoms with van der Waals surface area (Å²) in [5, 5.41) is 10.8. The number of aliphatic hydroxyl groups is 1. The Morgan fingerprint density at radius 2 is 2.08 bits per heavy atom. The number of hydrogen-bond acceptors (Lipinski definition) is 3. The number of H-pyrrole nitrogens is 1. The molecule has 2 aromatic carbocycles. The lowest BCUT2D eigenvalue weighted by molar-refractivity contribution is 0.0942. The lowest BCUT2D eigenvalue weighted by Crippen LogP contribution is -2.37. The molecule has 0 saturated carbocycles. The molecule has 1 aliphatic heterocycles. The Morgan fingerprint density at radius 3 is 2.92 bits per heavy atom. The maximum absolute atomic E-state index is 10.8. The number of likely N-dealkylation sites (tertiary alicyclic amines) is 1. The van der Waals surface area contributed by atoms with Gasteiger partial charge >= 0.3 is 0 Å². The first-order valence-corrected chi connectivity index (χ1v) is 9.52. The van der Waals surface area contributed by atoms with Crippen LogP contribution < -0.4 is 0 Å². The summed E-state index contributed by atoms with van der Waals surface area (Å²) in [6, 6.07) is 14.5. The molecule has 4 rings (SSSR count). The Bertz CT molecular complexity index is 868. The molecule has 0 spiro atoms. The lowest BCUT2D eigenvalue weighted by atomic mass is 9.95. The van der Waals surface area contributed by atoms with Gasteiger partial charge in [0.25, 0.3) is 0 Å². The predicted octanol–water partition coefficient (Wildman–Crippen LogP) is 4.09. The normalized spacial score (nSPS) is 19.7. The third kappa shape index (κ3) is 3.53. The van der Waals surface area contributed by atoms with E-state index in [1.165, 1.54) is 5.56 Å². The molecule has 1 aromatic heterocycles. The van der Waals surface area contributed by atoms with Crippen molar-refractivity contribution >= 4 is 11.0 Å². The van der Waals surface area contributed by atoms with Gasteiger partial charge < -0.3 is 10.1 Å². The van der Waals surface area contributed by atoms with Gasteiger partial charge in [0, 0.05) is 19.0 Å². The molecular weight excluding hydrogens is 322 g/mol. The predicted molar refractivity (Wildman–Crippen MR) is 105 cm³/mol. The van der Waals surface area contributed by atoms with Gasteiger partial charge in [0.15, 0.2) is 0 Å². The van der Waals surface area contributed by atoms with Gasteiger partial charge in [-0.1, -0.05) is 35.9 Å². The van der Waals surface area contributed by atoms with Crippen molar-refractivity contribution in [2.75, 3.05) is 19.6 Å². The standard InChI is InChI=1S/C22H27N3O/c1-15-9-10-16(2)18(12-15)21(26)14-25-11-5-6-17(13-25)22-23-19-7-3-4-8-20(19)24-22/h3-4,7-10,12,17,21,26H,5-6,11,13-14H2,1-2H3,(H,23,24)/t17-,21-/m0/s1. The molecular formula is C22H27N3O. The summed E-state index contributed by atoms with van der Waals surface area (Å²) in [6.45, 7) is 6.82. The number of β-amino-alcohol motifs (C(OH)–C–C–N with tert-alkyl or cyclic N) is 1. The van der Waals surface area contributed by atoms with E-state index in [0.717, 1.165) is 53.9 Å². The summed E-state index contributed by atoms with van der Waals surface area (Å²) in [5.41, 5.74) is 5.55. The van der Waals surface area contributed by atoms with Crippen molar-refractivity contribution in [1.82, 2.24) is 14.9 Å². The van der Waals surface area contributed by atoms with Gasteiger partial charge in [-0.25, -0.2) is 4.98 Å². The number of para-hydroxylation sites is 2. The zero-order chi connectivity index (χ0) is 18.1. The smallest absolute Gasteiger partial charge is 0.111 e. The highest BCUT2D eigenvalue weighted by Crippen LogP contribution is 2.28. The van der Waals surface area contributed by atoms with Crippen molar-refractivity contribution in [3.63, 3.8) is 0 Å². The molecule has 0 amide bonds. The van der Waals surface area contributed by atoms with E-state index in [1.807, 2.05) is 12.1 Å². The number of aryl methyl sites for hydroxylation is 2. The molecule has 4 nitrogen and oxygen atoms in total. The van der Waals surface area contributed by atoms with Crippen LogP contribution in [0.5, 0.6) is 0 Å². The van der Waals surface area contributed by atoms with Crippen LogP contribution in [-0.4, -0.2) is 39.6 Å². The van der Waals surface area contributed by atoms with Crippen molar-refractivity contribution in [3.8, 4) is 0 Å². The molecule has 0 bridgehead atoms. The minimum atomic E-state index is -0.440. The highest BCUT2D eigenvalue weighted by atomic mass is 16.3. The highest BCUT2D eigenvalue weighted by Gasteiger charge is 2.25. The van der Waals surface area contributed by atoms with Crippen LogP contribution >= 0.6 is 0 Å². The number of fused-ring (bicyclic) bond motifs is 1. The second-order valence-corrected chi connectivity index (χ2v) is 7.61. The zero-order valence-electron chi connectivity index (χ0n) is 15.6. The molecule has 1 fully saturated rings. The molecule has 1 saturated heterocycles. The van der Waals surface area contributed by atoms with Crippen LogP contribution in [0.4, 0.5) is 0 Å². The fourth-order valence-corrected chi connectivity index (χ4v) is 4.07. The monoisotopic (exact) mass is 349 g/mol. The van der Waals surface area contributed by atoms with Crippen LogP contribution in [0.3, 0.4) is 0 Å². The number of rotatable bonds is 4. The van der Waals surface area contributed by atoms with Crippen LogP contribution in [0.1, 0.15) is 47.4 Å². The summed E-state index contributed by atoms with van der Waals surface area (Å²) in [4.78, 5) is 10.7. The minimum absolute atomic E-state index is 0.405. The molecule has 2 heterocycles. The van der Waals surface area contributed by atoms with Crippen molar-refractivity contribution in [1.29, 1.82) is 0 Å². The van der Waals surface area contributed by atoms with Gasteiger partial charge in [-0.05, 0) is 56.5 Å². The average molecular weight is 349 g/mol. The molecule has 0 radical (unpaired) electrons. The topological polar surface area (TPSA) is 52.1 Å². The van der Waals surface area contributed by atoms with Crippen molar-refractivity contribution in [3.05, 3.63) is 65.0 Å². The first-order valence-electron chi connectivity index (χ1n) is 9.52. The fourth-order valence-electron chi connectivity index (χ4n) is 4.07. The summed E-state index contributed by atoms with van der Waals surface area (Å²) in [7, 11) is 0. The maximum atomic E-state index is 10.8. The molecule has 136 valence electrons. The van der Waals surface area contributed by atoms with E-state index in [0.29, 0.717) is 12.5 Å². The number of imidazole rings is 1. The van der Waals surface area contributed by atoms with E-state index in [9.17, 15) is 5.11 Å². The molecule has 26 heavy (non-hydrogen) atoms. The van der Waals surface area contributed by atoms with Gasteiger partial charge in [0.1, 0.15) is 5.82 Å². The summed E-state index contributed by atoms with van der Waals surface area (Å²) in [5.74, 6) is 1.49. The largest absolute Gasteiger partial charge is 0.387 e. The SMILES string of the molecule is Cc1ccc(C)c([C@@H](O)CN2CCC[C@H](c3nc4ccccc4[nH]3)C2)c1. The quantitative estimate of drug-likeness (QED) is 0.746. The molecule has 4 heteroatoms. The van der Waals surface area contributed by atoms with E-state index < -0.39 is 6.10 Å². The second kappa shape index (κ2) is 7.22. The van der Waals surface area contributed by atoms with Crippen molar-refractivity contribution in [2.45, 2.75) is 38.7 Å². The Labute approximate surface area is 154 Å². The molecule has 1 aliphatic rings. The maximum Gasteiger partial charge on any atom is 0.111 e. The molecule has 3 aromatic rings. The molecule has 2 atom stereocenters. The number of aromatic nitrogens is 2. The summed E-state index contributed by atoms with van der Waals surface area (Å²) >= 11 is 0. The van der Waals surface area contributed by atoms with E-state index in [-0.39, 0.29) is 0 Å². The van der Waals surface area contributed by atoms with Crippen LogP contribution in [0.25, 0.3) is 11.0 Å². The molecule has 0 unspecified atom stereocenters. The Morgan fingerprint density at radius 1 is 1.23 bits per heavy atom. The van der Waals surface area contributed by atoms with E-state index >= 15 is 0 Å². The second-order valence-electron chi connectivity index (χ2n) is 7.61. The van der Waals surface area contributed by atoms with Crippen LogP contribution in [-0.2, 0) is 0 Å². The molecule has 0 aliphatic carbocycles. The number of hydrogen-bond donors (Lipinski definition) is 2. The number of aromatic amines is 1. The van der Waals surface area contributed by atoms with Crippen molar-refractivity contribution < 1.29 is 5.11 Å². The van der Waals surface area contributed by atoms with Crippen LogP contribution in [0.2, 0.25) is 0 Å². The summed E-state index contributed by atoms with van der Waals surface area (Å²) in [6.07, 6.45) is 1.85. The van der Waals surface area contributed by atoms with Crippen LogP contribution in [0, 0.1) is 13.8 Å². The number of aliphatic hydroxyl groups excluding tert-OH is 1. The Hall–Kier alpha value is -2.17. The van der Waals surface area contributed by atoms with E-state index in [1.54, 1.807) is 0 Å². The Balaban J connectivity index is 1.47. The first kappa shape index (κ1) is 17.3. The fraction of sp³-hybridized carbons (Fsp3) is 0.409. The number of nitrogens with zero attached hydrogens (tertiary/aromatic N) is 2. The van der Waals surface area contributed by atoms with Crippen molar-refractivity contribution in [2.24, 2.45) is 0 Å². The third-order valence-electron chi connectivity index (χ3n) is 5.52.